The van der Waals surface area contributed by atoms with Gasteiger partial charge in [0, 0.05) is 35.9 Å². The van der Waals surface area contributed by atoms with Gasteiger partial charge < -0.3 is 9.47 Å². The van der Waals surface area contributed by atoms with Crippen LogP contribution in [0.5, 0.6) is 11.5 Å². The Hall–Kier alpha value is -3.66. The SMILES string of the molecule is COc1ccccc1-[n+]1ccc(-c2cc[n+](-c3ccccc3OC)cc2C)cc1. The van der Waals surface area contributed by atoms with E-state index in [0.29, 0.717) is 0 Å². The zero-order valence-electron chi connectivity index (χ0n) is 16.9. The molecule has 29 heavy (non-hydrogen) atoms. The lowest BCUT2D eigenvalue weighted by Crippen LogP contribution is -2.31. The van der Waals surface area contributed by atoms with Gasteiger partial charge in [-0.05, 0) is 30.2 Å². The molecule has 4 rings (SSSR count). The van der Waals surface area contributed by atoms with E-state index in [-0.39, 0.29) is 0 Å². The molecule has 4 aromatic rings. The van der Waals surface area contributed by atoms with Crippen LogP contribution in [0.2, 0.25) is 0 Å². The van der Waals surface area contributed by atoms with E-state index in [2.05, 4.69) is 65.1 Å². The maximum atomic E-state index is 5.49. The molecule has 0 aliphatic heterocycles. The van der Waals surface area contributed by atoms with Gasteiger partial charge >= 0.3 is 0 Å². The number of aryl methyl sites for hydroxylation is 1. The normalized spacial score (nSPS) is 10.6. The van der Waals surface area contributed by atoms with Crippen LogP contribution in [-0.2, 0) is 0 Å². The molecule has 0 aliphatic rings. The minimum atomic E-state index is 0.846. The summed E-state index contributed by atoms with van der Waals surface area (Å²) in [7, 11) is 3.39. The van der Waals surface area contributed by atoms with E-state index in [1.54, 1.807) is 14.2 Å². The lowest BCUT2D eigenvalue weighted by atomic mass is 10.0. The summed E-state index contributed by atoms with van der Waals surface area (Å²) in [5.41, 5.74) is 5.59. The van der Waals surface area contributed by atoms with Crippen LogP contribution >= 0.6 is 0 Å². The molecule has 0 radical (unpaired) electrons. The molecule has 2 aromatic heterocycles. The maximum absolute atomic E-state index is 5.49. The molecule has 0 spiro atoms. The van der Waals surface area contributed by atoms with Gasteiger partial charge in [0.15, 0.2) is 36.3 Å². The van der Waals surface area contributed by atoms with Crippen LogP contribution in [0, 0.1) is 6.92 Å². The first-order chi connectivity index (χ1) is 14.2. The third kappa shape index (κ3) is 3.69. The first-order valence-corrected chi connectivity index (χ1v) is 9.51. The van der Waals surface area contributed by atoms with Crippen molar-refractivity contribution in [3.05, 3.63) is 97.1 Å². The molecule has 0 amide bonds. The second-order valence-electron chi connectivity index (χ2n) is 6.79. The van der Waals surface area contributed by atoms with Gasteiger partial charge in [-0.15, -0.1) is 0 Å². The Morgan fingerprint density at radius 1 is 0.621 bits per heavy atom. The largest absolute Gasteiger partial charge is 0.490 e. The fourth-order valence-corrected chi connectivity index (χ4v) is 3.53. The first kappa shape index (κ1) is 18.7. The quantitative estimate of drug-likeness (QED) is 0.481. The van der Waals surface area contributed by atoms with Crippen LogP contribution in [0.4, 0.5) is 0 Å². The molecule has 0 atom stereocenters. The van der Waals surface area contributed by atoms with Crippen LogP contribution in [0.3, 0.4) is 0 Å². The van der Waals surface area contributed by atoms with Crippen molar-refractivity contribution < 1.29 is 18.6 Å². The highest BCUT2D eigenvalue weighted by Crippen LogP contribution is 2.24. The minimum absolute atomic E-state index is 0.846. The third-order valence-corrected chi connectivity index (χ3v) is 5.03. The van der Waals surface area contributed by atoms with Gasteiger partial charge in [0.1, 0.15) is 0 Å². The molecule has 0 bridgehead atoms. The van der Waals surface area contributed by atoms with Crippen molar-refractivity contribution in [3.8, 4) is 34.0 Å². The maximum Gasteiger partial charge on any atom is 0.252 e. The Kier molecular flexibility index (Phi) is 5.25. The standard InChI is InChI=1S/C25H24N2O2/c1-19-18-27(23-9-5-7-11-25(23)29-3)17-14-21(19)20-12-15-26(16-13-20)22-8-4-6-10-24(22)28-2/h4-18H,1-3H3/q+2. The molecule has 2 heterocycles. The Balaban J connectivity index is 1.67. The van der Waals surface area contributed by atoms with Crippen molar-refractivity contribution in [2.24, 2.45) is 0 Å². The van der Waals surface area contributed by atoms with Crippen molar-refractivity contribution in [1.29, 1.82) is 0 Å². The number of pyridine rings is 2. The summed E-state index contributed by atoms with van der Waals surface area (Å²) in [5, 5.41) is 0. The number of ether oxygens (including phenoxy) is 2. The average Bonchev–Trinajstić information content (AvgIpc) is 2.79. The predicted octanol–water partition coefficient (Wildman–Crippen LogP) is 4.23. The Labute approximate surface area is 171 Å². The van der Waals surface area contributed by atoms with Gasteiger partial charge in [-0.3, -0.25) is 0 Å². The van der Waals surface area contributed by atoms with E-state index >= 15 is 0 Å². The predicted molar refractivity (Wildman–Crippen MR) is 113 cm³/mol. The number of benzene rings is 2. The van der Waals surface area contributed by atoms with Gasteiger partial charge in [0.2, 0.25) is 0 Å². The lowest BCUT2D eigenvalue weighted by molar-refractivity contribution is -0.596. The first-order valence-electron chi connectivity index (χ1n) is 9.51. The van der Waals surface area contributed by atoms with E-state index in [1.807, 2.05) is 42.5 Å². The number of hydrogen-bond acceptors (Lipinski definition) is 2. The van der Waals surface area contributed by atoms with Crippen LogP contribution in [0.1, 0.15) is 5.56 Å². The summed E-state index contributed by atoms with van der Waals surface area (Å²) in [5.74, 6) is 1.70. The van der Waals surface area contributed by atoms with Gasteiger partial charge in [0.25, 0.3) is 11.4 Å². The van der Waals surface area contributed by atoms with Crippen molar-refractivity contribution in [2.45, 2.75) is 6.92 Å². The summed E-state index contributed by atoms with van der Waals surface area (Å²) < 4.78 is 15.1. The summed E-state index contributed by atoms with van der Waals surface area (Å²) in [6.07, 6.45) is 8.33. The molecule has 0 aliphatic carbocycles. The average molecular weight is 384 g/mol. The smallest absolute Gasteiger partial charge is 0.252 e. The van der Waals surface area contributed by atoms with Crippen LogP contribution in [0.25, 0.3) is 22.5 Å². The molecule has 4 nitrogen and oxygen atoms in total. The number of aromatic nitrogens is 2. The van der Waals surface area contributed by atoms with Crippen molar-refractivity contribution in [2.75, 3.05) is 14.2 Å². The topological polar surface area (TPSA) is 26.2 Å². The molecular formula is C25H24N2O2+2. The molecule has 144 valence electrons. The molecular weight excluding hydrogens is 360 g/mol. The second kappa shape index (κ2) is 8.15. The fraction of sp³-hybridized carbons (Fsp3) is 0.120. The Morgan fingerprint density at radius 3 is 1.69 bits per heavy atom. The Morgan fingerprint density at radius 2 is 1.14 bits per heavy atom. The highest BCUT2D eigenvalue weighted by atomic mass is 16.5. The van der Waals surface area contributed by atoms with Crippen molar-refractivity contribution in [3.63, 3.8) is 0 Å². The number of methoxy groups -OCH3 is 2. The van der Waals surface area contributed by atoms with Crippen molar-refractivity contribution >= 4 is 0 Å². The summed E-state index contributed by atoms with van der Waals surface area (Å²) in [6, 6.07) is 22.4. The zero-order valence-corrected chi connectivity index (χ0v) is 16.9. The van der Waals surface area contributed by atoms with Crippen LogP contribution < -0.4 is 18.6 Å². The molecule has 0 saturated carbocycles. The van der Waals surface area contributed by atoms with Crippen LogP contribution in [-0.4, -0.2) is 14.2 Å². The van der Waals surface area contributed by atoms with Gasteiger partial charge in [-0.1, -0.05) is 24.3 Å². The van der Waals surface area contributed by atoms with Crippen LogP contribution in [0.15, 0.2) is 91.5 Å². The number of nitrogens with zero attached hydrogens (tertiary/aromatic N) is 2. The molecule has 0 fully saturated rings. The van der Waals surface area contributed by atoms with E-state index in [0.717, 1.165) is 22.9 Å². The summed E-state index contributed by atoms with van der Waals surface area (Å²) in [4.78, 5) is 0. The molecule has 2 aromatic carbocycles. The second-order valence-corrected chi connectivity index (χ2v) is 6.79. The highest BCUT2D eigenvalue weighted by molar-refractivity contribution is 5.65. The number of hydrogen-bond donors (Lipinski definition) is 0. The molecule has 0 N–H and O–H groups in total. The van der Waals surface area contributed by atoms with E-state index in [1.165, 1.54) is 16.7 Å². The van der Waals surface area contributed by atoms with Crippen molar-refractivity contribution in [1.82, 2.24) is 0 Å². The van der Waals surface area contributed by atoms with E-state index in [9.17, 15) is 0 Å². The molecule has 0 saturated heterocycles. The molecule has 0 unspecified atom stereocenters. The van der Waals surface area contributed by atoms with Gasteiger partial charge in [-0.25, -0.2) is 0 Å². The minimum Gasteiger partial charge on any atom is -0.490 e. The third-order valence-electron chi connectivity index (χ3n) is 5.03. The van der Waals surface area contributed by atoms with Gasteiger partial charge in [0.05, 0.1) is 14.2 Å². The fourth-order valence-electron chi connectivity index (χ4n) is 3.53. The summed E-state index contributed by atoms with van der Waals surface area (Å²) in [6.45, 7) is 2.13. The highest BCUT2D eigenvalue weighted by Gasteiger charge is 2.16. The number of rotatable bonds is 5. The van der Waals surface area contributed by atoms with Gasteiger partial charge in [-0.2, -0.15) is 9.13 Å². The monoisotopic (exact) mass is 384 g/mol. The van der Waals surface area contributed by atoms with E-state index < -0.39 is 0 Å². The molecule has 4 heteroatoms. The number of para-hydroxylation sites is 4. The Bertz CT molecular complexity index is 1140. The summed E-state index contributed by atoms with van der Waals surface area (Å²) >= 11 is 0. The zero-order chi connectivity index (χ0) is 20.2. The lowest BCUT2D eigenvalue weighted by Gasteiger charge is -2.07. The van der Waals surface area contributed by atoms with E-state index in [4.69, 9.17) is 9.47 Å².